The third-order valence-electron chi connectivity index (χ3n) is 1.36. The Morgan fingerprint density at radius 3 is 1.78 bits per heavy atom. The fourth-order valence-corrected chi connectivity index (χ4v) is 1.06. The number of nitrogens with two attached hydrogens (primary N) is 1. The SMILES string of the molecule is CC1NC(C)NC(N)N1. The molecule has 0 radical (unpaired) electrons. The van der Waals surface area contributed by atoms with Crippen molar-refractivity contribution in [1.82, 2.24) is 16.0 Å². The molecule has 0 aromatic heterocycles. The van der Waals surface area contributed by atoms with Gasteiger partial charge in [0.2, 0.25) is 0 Å². The summed E-state index contributed by atoms with van der Waals surface area (Å²) in [6.07, 6.45) is 0.531. The molecule has 5 N–H and O–H groups in total. The van der Waals surface area contributed by atoms with E-state index in [9.17, 15) is 0 Å². The molecule has 0 amide bonds. The quantitative estimate of drug-likeness (QED) is 0.329. The molecule has 1 heterocycles. The van der Waals surface area contributed by atoms with Crippen LogP contribution >= 0.6 is 0 Å². The van der Waals surface area contributed by atoms with Gasteiger partial charge in [0.25, 0.3) is 0 Å². The third kappa shape index (κ3) is 1.91. The Morgan fingerprint density at radius 1 is 1.00 bits per heavy atom. The zero-order chi connectivity index (χ0) is 6.85. The summed E-state index contributed by atoms with van der Waals surface area (Å²) in [6.45, 7) is 4.08. The molecular weight excluding hydrogens is 116 g/mol. The van der Waals surface area contributed by atoms with E-state index in [2.05, 4.69) is 16.0 Å². The zero-order valence-corrected chi connectivity index (χ0v) is 5.81. The normalized spacial score (nSPS) is 45.0. The van der Waals surface area contributed by atoms with Crippen molar-refractivity contribution in [3.63, 3.8) is 0 Å². The minimum Gasteiger partial charge on any atom is -0.304 e. The Balaban J connectivity index is 2.34. The van der Waals surface area contributed by atoms with Crippen molar-refractivity contribution in [2.45, 2.75) is 32.5 Å². The molecule has 0 aromatic rings. The predicted molar refractivity (Wildman–Crippen MR) is 36.3 cm³/mol. The highest BCUT2D eigenvalue weighted by atomic mass is 15.4. The van der Waals surface area contributed by atoms with Gasteiger partial charge in [-0.05, 0) is 13.8 Å². The number of hydrogen-bond acceptors (Lipinski definition) is 4. The smallest absolute Gasteiger partial charge is 0.111 e. The van der Waals surface area contributed by atoms with Crippen LogP contribution in [0.4, 0.5) is 0 Å². The molecule has 1 fully saturated rings. The Bertz CT molecular complexity index is 69.9. The summed E-state index contributed by atoms with van der Waals surface area (Å²) in [6, 6.07) is 0. The summed E-state index contributed by atoms with van der Waals surface area (Å²) < 4.78 is 0. The van der Waals surface area contributed by atoms with Crippen LogP contribution in [-0.2, 0) is 0 Å². The van der Waals surface area contributed by atoms with Gasteiger partial charge in [-0.15, -0.1) is 0 Å². The molecule has 1 rings (SSSR count). The van der Waals surface area contributed by atoms with Gasteiger partial charge in [-0.2, -0.15) is 0 Å². The molecule has 9 heavy (non-hydrogen) atoms. The van der Waals surface area contributed by atoms with Gasteiger partial charge in [0, 0.05) is 0 Å². The summed E-state index contributed by atoms with van der Waals surface area (Å²) in [5.41, 5.74) is 5.55. The minimum absolute atomic E-state index is 0.0729. The fraction of sp³-hybridized carbons (Fsp3) is 1.00. The average Bonchev–Trinajstić information content (AvgIpc) is 1.59. The maximum atomic E-state index is 5.55. The van der Waals surface area contributed by atoms with Gasteiger partial charge < -0.3 is 5.73 Å². The summed E-state index contributed by atoms with van der Waals surface area (Å²) in [7, 11) is 0. The first-order valence-corrected chi connectivity index (χ1v) is 3.22. The van der Waals surface area contributed by atoms with Gasteiger partial charge in [-0.25, -0.2) is 0 Å². The highest BCUT2D eigenvalue weighted by Crippen LogP contribution is 1.87. The second-order valence-electron chi connectivity index (χ2n) is 2.42. The molecule has 0 aromatic carbocycles. The Morgan fingerprint density at radius 2 is 1.44 bits per heavy atom. The number of hydrogen-bond donors (Lipinski definition) is 4. The molecule has 1 saturated heterocycles. The largest absolute Gasteiger partial charge is 0.304 e. The molecule has 0 aliphatic carbocycles. The number of rotatable bonds is 0. The lowest BCUT2D eigenvalue weighted by Gasteiger charge is -2.33. The lowest BCUT2D eigenvalue weighted by Crippen LogP contribution is -2.68. The molecule has 2 atom stereocenters. The van der Waals surface area contributed by atoms with E-state index < -0.39 is 0 Å². The molecule has 4 heteroatoms. The van der Waals surface area contributed by atoms with E-state index in [0.29, 0.717) is 12.3 Å². The first-order valence-electron chi connectivity index (χ1n) is 3.22. The van der Waals surface area contributed by atoms with Crippen LogP contribution in [0.5, 0.6) is 0 Å². The molecule has 0 saturated carbocycles. The van der Waals surface area contributed by atoms with Gasteiger partial charge in [0.1, 0.15) is 6.29 Å². The van der Waals surface area contributed by atoms with E-state index in [1.807, 2.05) is 13.8 Å². The second kappa shape index (κ2) is 2.62. The zero-order valence-electron chi connectivity index (χ0n) is 5.81. The maximum absolute atomic E-state index is 5.55. The molecule has 2 unspecified atom stereocenters. The molecule has 1 aliphatic rings. The van der Waals surface area contributed by atoms with Crippen LogP contribution in [0.3, 0.4) is 0 Å². The minimum atomic E-state index is -0.0729. The van der Waals surface area contributed by atoms with Crippen molar-refractivity contribution in [3.05, 3.63) is 0 Å². The Kier molecular flexibility index (Phi) is 2.02. The highest BCUT2D eigenvalue weighted by molar-refractivity contribution is 4.74. The maximum Gasteiger partial charge on any atom is 0.111 e. The summed E-state index contributed by atoms with van der Waals surface area (Å²) in [5.74, 6) is 0. The molecule has 54 valence electrons. The van der Waals surface area contributed by atoms with Crippen LogP contribution in [0.25, 0.3) is 0 Å². The second-order valence-corrected chi connectivity index (χ2v) is 2.42. The van der Waals surface area contributed by atoms with Crippen molar-refractivity contribution < 1.29 is 0 Å². The van der Waals surface area contributed by atoms with E-state index in [-0.39, 0.29) is 6.29 Å². The molecule has 0 bridgehead atoms. The van der Waals surface area contributed by atoms with Gasteiger partial charge >= 0.3 is 0 Å². The molecular formula is C5H14N4. The molecule has 4 nitrogen and oxygen atoms in total. The van der Waals surface area contributed by atoms with Crippen molar-refractivity contribution in [3.8, 4) is 0 Å². The van der Waals surface area contributed by atoms with E-state index in [4.69, 9.17) is 5.73 Å². The van der Waals surface area contributed by atoms with Crippen LogP contribution in [-0.4, -0.2) is 18.6 Å². The van der Waals surface area contributed by atoms with E-state index in [1.54, 1.807) is 0 Å². The van der Waals surface area contributed by atoms with E-state index >= 15 is 0 Å². The number of nitrogens with one attached hydrogen (secondary N) is 3. The monoisotopic (exact) mass is 130 g/mol. The lowest BCUT2D eigenvalue weighted by molar-refractivity contribution is 0.225. The standard InChI is InChI=1S/C5H14N4/c1-3-7-4(2)9-5(6)8-3/h3-5,7-9H,6H2,1-2H3. The van der Waals surface area contributed by atoms with Crippen molar-refractivity contribution >= 4 is 0 Å². The summed E-state index contributed by atoms with van der Waals surface area (Å²) in [4.78, 5) is 0. The predicted octanol–water partition coefficient (Wildman–Crippen LogP) is -1.30. The van der Waals surface area contributed by atoms with Crippen LogP contribution < -0.4 is 21.7 Å². The van der Waals surface area contributed by atoms with Gasteiger partial charge in [0.05, 0.1) is 12.3 Å². The van der Waals surface area contributed by atoms with Crippen LogP contribution in [0, 0.1) is 0 Å². The van der Waals surface area contributed by atoms with Crippen molar-refractivity contribution in [2.24, 2.45) is 5.73 Å². The van der Waals surface area contributed by atoms with Crippen LogP contribution in [0.2, 0.25) is 0 Å². The summed E-state index contributed by atoms with van der Waals surface area (Å²) >= 11 is 0. The molecule has 0 spiro atoms. The first kappa shape index (κ1) is 6.95. The first-order chi connectivity index (χ1) is 4.18. The van der Waals surface area contributed by atoms with Gasteiger partial charge in [0.15, 0.2) is 0 Å². The van der Waals surface area contributed by atoms with E-state index in [0.717, 1.165) is 0 Å². The van der Waals surface area contributed by atoms with Crippen LogP contribution in [0.1, 0.15) is 13.8 Å². The Labute approximate surface area is 55.2 Å². The van der Waals surface area contributed by atoms with Crippen molar-refractivity contribution in [1.29, 1.82) is 0 Å². The van der Waals surface area contributed by atoms with Crippen molar-refractivity contribution in [2.75, 3.05) is 0 Å². The van der Waals surface area contributed by atoms with Gasteiger partial charge in [-0.3, -0.25) is 16.0 Å². The average molecular weight is 130 g/mol. The van der Waals surface area contributed by atoms with Crippen LogP contribution in [0.15, 0.2) is 0 Å². The molecule has 1 aliphatic heterocycles. The lowest BCUT2D eigenvalue weighted by atomic mass is 10.4. The fourth-order valence-electron chi connectivity index (χ4n) is 1.06. The van der Waals surface area contributed by atoms with E-state index in [1.165, 1.54) is 0 Å². The van der Waals surface area contributed by atoms with Gasteiger partial charge in [-0.1, -0.05) is 0 Å². The third-order valence-corrected chi connectivity index (χ3v) is 1.36. The Hall–Kier alpha value is -0.160. The topological polar surface area (TPSA) is 62.1 Å². The highest BCUT2D eigenvalue weighted by Gasteiger charge is 2.16. The summed E-state index contributed by atoms with van der Waals surface area (Å²) in [5, 5.41) is 9.34.